The second-order valence-corrected chi connectivity index (χ2v) is 6.62. The van der Waals surface area contributed by atoms with Gasteiger partial charge in [-0.2, -0.15) is 0 Å². The van der Waals surface area contributed by atoms with Crippen LogP contribution in [0.1, 0.15) is 38.1 Å². The standard InChI is InChI=1S/C16H25N3O3/c1-11-5-6-12(18-9-11)14(17)13-10-19(7-8-21-13)15(20)22-16(2,3)4/h5-6,9,13-14H,7-8,10,17H2,1-4H3/t13-,14?/m1/s1. The molecular formula is C16H25N3O3. The molecule has 0 bridgehead atoms. The van der Waals surface area contributed by atoms with Crippen molar-refractivity contribution >= 4 is 6.09 Å². The molecule has 0 aliphatic carbocycles. The van der Waals surface area contributed by atoms with Crippen molar-refractivity contribution in [2.24, 2.45) is 5.73 Å². The van der Waals surface area contributed by atoms with E-state index in [-0.39, 0.29) is 18.2 Å². The van der Waals surface area contributed by atoms with Gasteiger partial charge < -0.3 is 20.1 Å². The second-order valence-electron chi connectivity index (χ2n) is 6.62. The average Bonchev–Trinajstić information content (AvgIpc) is 2.46. The summed E-state index contributed by atoms with van der Waals surface area (Å²) in [5.74, 6) is 0. The number of pyridine rings is 1. The third-order valence-electron chi connectivity index (χ3n) is 3.42. The highest BCUT2D eigenvalue weighted by Crippen LogP contribution is 2.20. The molecule has 1 saturated heterocycles. The van der Waals surface area contributed by atoms with Gasteiger partial charge in [0.15, 0.2) is 0 Å². The van der Waals surface area contributed by atoms with Crippen LogP contribution in [-0.2, 0) is 9.47 Å². The molecule has 6 heteroatoms. The van der Waals surface area contributed by atoms with Crippen LogP contribution in [0.25, 0.3) is 0 Å². The minimum Gasteiger partial charge on any atom is -0.444 e. The van der Waals surface area contributed by atoms with Gasteiger partial charge in [0.05, 0.1) is 31.0 Å². The fourth-order valence-corrected chi connectivity index (χ4v) is 2.25. The van der Waals surface area contributed by atoms with Crippen molar-refractivity contribution in [2.75, 3.05) is 19.7 Å². The Morgan fingerprint density at radius 3 is 2.82 bits per heavy atom. The maximum absolute atomic E-state index is 12.2. The lowest BCUT2D eigenvalue weighted by Crippen LogP contribution is -2.50. The molecule has 0 saturated carbocycles. The summed E-state index contributed by atoms with van der Waals surface area (Å²) in [6.45, 7) is 8.90. The zero-order valence-corrected chi connectivity index (χ0v) is 13.7. The van der Waals surface area contributed by atoms with E-state index in [9.17, 15) is 4.79 Å². The Labute approximate surface area is 131 Å². The number of aryl methyl sites for hydroxylation is 1. The number of carbonyl (C=O) groups excluding carboxylic acids is 1. The molecule has 0 spiro atoms. The highest BCUT2D eigenvalue weighted by Gasteiger charge is 2.32. The van der Waals surface area contributed by atoms with E-state index in [4.69, 9.17) is 15.2 Å². The summed E-state index contributed by atoms with van der Waals surface area (Å²) in [6.07, 6.45) is 1.17. The first kappa shape index (κ1) is 16.7. The minimum absolute atomic E-state index is 0.281. The minimum atomic E-state index is -0.508. The molecule has 2 N–H and O–H groups in total. The van der Waals surface area contributed by atoms with Gasteiger partial charge in [-0.05, 0) is 39.3 Å². The lowest BCUT2D eigenvalue weighted by molar-refractivity contribution is -0.0512. The van der Waals surface area contributed by atoms with Crippen LogP contribution in [0.2, 0.25) is 0 Å². The molecule has 1 aliphatic heterocycles. The zero-order valence-electron chi connectivity index (χ0n) is 13.7. The summed E-state index contributed by atoms with van der Waals surface area (Å²) < 4.78 is 11.1. The molecule has 2 heterocycles. The lowest BCUT2D eigenvalue weighted by Gasteiger charge is -2.36. The van der Waals surface area contributed by atoms with Crippen LogP contribution in [-0.4, -0.2) is 47.4 Å². The monoisotopic (exact) mass is 307 g/mol. The van der Waals surface area contributed by atoms with Crippen LogP contribution < -0.4 is 5.73 Å². The molecule has 0 aromatic carbocycles. The molecule has 0 radical (unpaired) electrons. The van der Waals surface area contributed by atoms with Crippen LogP contribution in [0.3, 0.4) is 0 Å². The Balaban J connectivity index is 2.00. The Kier molecular flexibility index (Phi) is 5.03. The summed E-state index contributed by atoms with van der Waals surface area (Å²) in [5.41, 5.74) is 7.58. The Morgan fingerprint density at radius 1 is 1.50 bits per heavy atom. The van der Waals surface area contributed by atoms with Crippen LogP contribution in [0.5, 0.6) is 0 Å². The van der Waals surface area contributed by atoms with E-state index in [0.29, 0.717) is 19.7 Å². The van der Waals surface area contributed by atoms with Crippen LogP contribution >= 0.6 is 0 Å². The largest absolute Gasteiger partial charge is 0.444 e. The number of rotatable bonds is 2. The Bertz CT molecular complexity index is 510. The molecule has 1 aromatic heterocycles. The van der Waals surface area contributed by atoms with Gasteiger partial charge in [0.1, 0.15) is 5.60 Å². The second kappa shape index (κ2) is 6.62. The molecule has 1 aromatic rings. The first-order valence-electron chi connectivity index (χ1n) is 7.54. The predicted octanol–water partition coefficient (Wildman–Crippen LogP) is 2.03. The van der Waals surface area contributed by atoms with Gasteiger partial charge in [0.2, 0.25) is 0 Å². The third kappa shape index (κ3) is 4.42. The summed E-state index contributed by atoms with van der Waals surface area (Å²) in [4.78, 5) is 18.1. The first-order valence-corrected chi connectivity index (χ1v) is 7.54. The van der Waals surface area contributed by atoms with Crippen LogP contribution in [0.15, 0.2) is 18.3 Å². The van der Waals surface area contributed by atoms with Gasteiger partial charge in [-0.25, -0.2) is 4.79 Å². The molecule has 2 rings (SSSR count). The van der Waals surface area contributed by atoms with Crippen molar-refractivity contribution in [3.05, 3.63) is 29.6 Å². The van der Waals surface area contributed by atoms with E-state index in [1.807, 2.05) is 39.8 Å². The molecule has 1 fully saturated rings. The van der Waals surface area contributed by atoms with Gasteiger partial charge in [-0.3, -0.25) is 4.98 Å². The summed E-state index contributed by atoms with van der Waals surface area (Å²) in [5, 5.41) is 0. The van der Waals surface area contributed by atoms with Gasteiger partial charge in [-0.15, -0.1) is 0 Å². The van der Waals surface area contributed by atoms with E-state index in [1.54, 1.807) is 11.1 Å². The molecule has 2 atom stereocenters. The molecule has 22 heavy (non-hydrogen) atoms. The van der Waals surface area contributed by atoms with Crippen molar-refractivity contribution in [3.63, 3.8) is 0 Å². The van der Waals surface area contributed by atoms with Crippen molar-refractivity contribution in [3.8, 4) is 0 Å². The molecule has 6 nitrogen and oxygen atoms in total. The topological polar surface area (TPSA) is 77.7 Å². The van der Waals surface area contributed by atoms with Gasteiger partial charge in [-0.1, -0.05) is 6.07 Å². The molecule has 122 valence electrons. The summed E-state index contributed by atoms with van der Waals surface area (Å²) in [7, 11) is 0. The predicted molar refractivity (Wildman–Crippen MR) is 83.4 cm³/mol. The fraction of sp³-hybridized carbons (Fsp3) is 0.625. The summed E-state index contributed by atoms with van der Waals surface area (Å²) >= 11 is 0. The van der Waals surface area contributed by atoms with E-state index in [1.165, 1.54) is 0 Å². The number of nitrogens with zero attached hydrogens (tertiary/aromatic N) is 2. The quantitative estimate of drug-likeness (QED) is 0.904. The van der Waals surface area contributed by atoms with Gasteiger partial charge in [0.25, 0.3) is 0 Å². The maximum Gasteiger partial charge on any atom is 0.410 e. The molecule has 1 unspecified atom stereocenters. The highest BCUT2D eigenvalue weighted by atomic mass is 16.6. The summed E-state index contributed by atoms with van der Waals surface area (Å²) in [6, 6.07) is 3.50. The number of nitrogens with two attached hydrogens (primary N) is 1. The Hall–Kier alpha value is -1.66. The number of morpholine rings is 1. The maximum atomic E-state index is 12.2. The smallest absolute Gasteiger partial charge is 0.410 e. The Morgan fingerprint density at radius 2 is 2.23 bits per heavy atom. The van der Waals surface area contributed by atoms with Crippen molar-refractivity contribution in [1.29, 1.82) is 0 Å². The van der Waals surface area contributed by atoms with E-state index in [0.717, 1.165) is 11.3 Å². The fourth-order valence-electron chi connectivity index (χ4n) is 2.25. The highest BCUT2D eigenvalue weighted by molar-refractivity contribution is 5.68. The number of ether oxygens (including phenoxy) is 2. The number of hydrogen-bond donors (Lipinski definition) is 1. The number of hydrogen-bond acceptors (Lipinski definition) is 5. The van der Waals surface area contributed by atoms with Gasteiger partial charge in [0, 0.05) is 12.7 Å². The first-order chi connectivity index (χ1) is 10.3. The van der Waals surface area contributed by atoms with Crippen molar-refractivity contribution in [1.82, 2.24) is 9.88 Å². The molecule has 1 amide bonds. The van der Waals surface area contributed by atoms with Gasteiger partial charge >= 0.3 is 6.09 Å². The zero-order chi connectivity index (χ0) is 16.3. The van der Waals surface area contributed by atoms with E-state index >= 15 is 0 Å². The van der Waals surface area contributed by atoms with E-state index < -0.39 is 5.60 Å². The third-order valence-corrected chi connectivity index (χ3v) is 3.42. The van der Waals surface area contributed by atoms with Crippen molar-refractivity contribution in [2.45, 2.75) is 45.4 Å². The SMILES string of the molecule is Cc1ccc(C(N)[C@H]2CN(C(=O)OC(C)(C)C)CCO2)nc1. The number of aromatic nitrogens is 1. The lowest BCUT2D eigenvalue weighted by atomic mass is 10.1. The van der Waals surface area contributed by atoms with E-state index in [2.05, 4.69) is 4.98 Å². The average molecular weight is 307 g/mol. The van der Waals surface area contributed by atoms with Crippen LogP contribution in [0, 0.1) is 6.92 Å². The van der Waals surface area contributed by atoms with Crippen LogP contribution in [0.4, 0.5) is 4.79 Å². The number of amides is 1. The van der Waals surface area contributed by atoms with Crippen molar-refractivity contribution < 1.29 is 14.3 Å². The normalized spacial score (nSPS) is 20.6. The number of carbonyl (C=O) groups is 1. The molecule has 1 aliphatic rings. The molecular weight excluding hydrogens is 282 g/mol.